The molecule has 0 saturated heterocycles. The highest BCUT2D eigenvalue weighted by molar-refractivity contribution is 7.99. The summed E-state index contributed by atoms with van der Waals surface area (Å²) in [4.78, 5) is 12.1. The Morgan fingerprint density at radius 3 is 2.74 bits per heavy atom. The van der Waals surface area contributed by atoms with E-state index in [0.717, 1.165) is 23.0 Å². The summed E-state index contributed by atoms with van der Waals surface area (Å²) in [6.45, 7) is 5.63. The molecule has 4 rings (SSSR count). The summed E-state index contributed by atoms with van der Waals surface area (Å²) in [6.07, 6.45) is 1.63. The first kappa shape index (κ1) is 17.7. The second-order valence-corrected chi connectivity index (χ2v) is 7.69. The van der Waals surface area contributed by atoms with Crippen molar-refractivity contribution in [3.63, 3.8) is 0 Å². The number of thioether (sulfide) groups is 1. The molecule has 4 aromatic rings. The van der Waals surface area contributed by atoms with Crippen LogP contribution in [-0.2, 0) is 13.1 Å². The van der Waals surface area contributed by atoms with Crippen molar-refractivity contribution in [2.45, 2.75) is 32.1 Å². The summed E-state index contributed by atoms with van der Waals surface area (Å²) in [7, 11) is 0. The van der Waals surface area contributed by atoms with Crippen molar-refractivity contribution < 1.29 is 8.83 Å². The lowest BCUT2D eigenvalue weighted by Crippen LogP contribution is -2.15. The molecule has 0 unspecified atom stereocenters. The number of aryl methyl sites for hydroxylation is 1. The number of rotatable bonds is 7. The van der Waals surface area contributed by atoms with Crippen LogP contribution in [0.25, 0.3) is 22.7 Å². The van der Waals surface area contributed by atoms with Crippen molar-refractivity contribution in [1.29, 1.82) is 0 Å². The average Bonchev–Trinajstić information content (AvgIpc) is 3.35. The molecule has 0 radical (unpaired) electrons. The van der Waals surface area contributed by atoms with E-state index in [1.54, 1.807) is 28.7 Å². The maximum atomic E-state index is 12.1. The van der Waals surface area contributed by atoms with Crippen molar-refractivity contribution in [3.05, 3.63) is 53.2 Å². The molecule has 8 heteroatoms. The highest BCUT2D eigenvalue weighted by atomic mass is 32.2. The Labute approximate surface area is 160 Å². The maximum absolute atomic E-state index is 12.1. The Balaban J connectivity index is 1.54. The number of nitrogens with zero attached hydrogens (tertiary/aromatic N) is 4. The van der Waals surface area contributed by atoms with Gasteiger partial charge < -0.3 is 8.83 Å². The smallest absolute Gasteiger partial charge is 0.419 e. The van der Waals surface area contributed by atoms with Gasteiger partial charge in [-0.1, -0.05) is 37.7 Å². The molecule has 0 atom stereocenters. The van der Waals surface area contributed by atoms with E-state index >= 15 is 0 Å². The summed E-state index contributed by atoms with van der Waals surface area (Å²) >= 11 is 1.57. The number of fused-ring (bicyclic) bond motifs is 1. The number of hydrogen-bond donors (Lipinski definition) is 0. The van der Waals surface area contributed by atoms with Crippen LogP contribution in [0, 0.1) is 5.92 Å². The van der Waals surface area contributed by atoms with E-state index in [1.165, 1.54) is 0 Å². The van der Waals surface area contributed by atoms with Gasteiger partial charge in [-0.3, -0.25) is 9.13 Å². The van der Waals surface area contributed by atoms with Crippen molar-refractivity contribution >= 4 is 22.9 Å². The van der Waals surface area contributed by atoms with Crippen LogP contribution in [0.15, 0.2) is 61.4 Å². The lowest BCUT2D eigenvalue weighted by atomic mass is 10.2. The number of aromatic nitrogens is 4. The highest BCUT2D eigenvalue weighted by Crippen LogP contribution is 2.25. The summed E-state index contributed by atoms with van der Waals surface area (Å²) in [6, 6.07) is 11.2. The largest absolute Gasteiger partial charge is 0.461 e. The topological polar surface area (TPSA) is 79.0 Å². The monoisotopic (exact) mass is 384 g/mol. The third-order valence-electron chi connectivity index (χ3n) is 4.13. The number of furan rings is 1. The van der Waals surface area contributed by atoms with Crippen LogP contribution in [0.3, 0.4) is 0 Å². The normalized spacial score (nSPS) is 11.7. The van der Waals surface area contributed by atoms with Gasteiger partial charge in [0.1, 0.15) is 0 Å². The summed E-state index contributed by atoms with van der Waals surface area (Å²) < 4.78 is 14.5. The molecule has 0 bridgehead atoms. The molecule has 0 N–H and O–H groups in total. The fourth-order valence-electron chi connectivity index (χ4n) is 2.97. The number of oxazole rings is 1. The predicted octanol–water partition coefficient (Wildman–Crippen LogP) is 3.89. The molecule has 0 aliphatic heterocycles. The van der Waals surface area contributed by atoms with Gasteiger partial charge in [-0.15, -0.1) is 10.2 Å². The van der Waals surface area contributed by atoms with Crippen LogP contribution < -0.4 is 5.76 Å². The van der Waals surface area contributed by atoms with E-state index in [2.05, 4.69) is 28.6 Å². The predicted molar refractivity (Wildman–Crippen MR) is 104 cm³/mol. The van der Waals surface area contributed by atoms with Crippen molar-refractivity contribution in [2.75, 3.05) is 5.75 Å². The van der Waals surface area contributed by atoms with Gasteiger partial charge in [0.25, 0.3) is 0 Å². The molecule has 0 aliphatic carbocycles. The summed E-state index contributed by atoms with van der Waals surface area (Å²) in [5.41, 5.74) is 1.42. The van der Waals surface area contributed by atoms with Gasteiger partial charge >= 0.3 is 5.76 Å². The van der Waals surface area contributed by atoms with Crippen molar-refractivity contribution in [1.82, 2.24) is 19.3 Å². The minimum Gasteiger partial charge on any atom is -0.461 e. The Morgan fingerprint density at radius 1 is 1.11 bits per heavy atom. The molecule has 3 aromatic heterocycles. The standard InChI is InChI=1S/C19H20N4O3S/c1-13(2)12-23-17(16-8-5-10-25-16)20-21-18(23)27-11-9-22-14-6-3-4-7-15(14)26-19(22)24/h3-8,10,13H,9,11-12H2,1-2H3. The van der Waals surface area contributed by atoms with E-state index in [1.807, 2.05) is 30.3 Å². The molecule has 3 heterocycles. The lowest BCUT2D eigenvalue weighted by molar-refractivity contribution is 0.489. The van der Waals surface area contributed by atoms with Crippen molar-refractivity contribution in [2.24, 2.45) is 5.92 Å². The minimum atomic E-state index is -0.336. The third kappa shape index (κ3) is 3.57. The molecular weight excluding hydrogens is 364 g/mol. The molecule has 140 valence electrons. The van der Waals surface area contributed by atoms with E-state index in [0.29, 0.717) is 29.6 Å². The zero-order chi connectivity index (χ0) is 18.8. The number of para-hydroxylation sites is 2. The van der Waals surface area contributed by atoms with Crippen LogP contribution in [-0.4, -0.2) is 25.1 Å². The van der Waals surface area contributed by atoms with Gasteiger partial charge in [0.2, 0.25) is 0 Å². The van der Waals surface area contributed by atoms with Gasteiger partial charge in [-0.25, -0.2) is 4.79 Å². The van der Waals surface area contributed by atoms with E-state index in [4.69, 9.17) is 8.83 Å². The number of benzene rings is 1. The second kappa shape index (κ2) is 7.48. The molecule has 7 nitrogen and oxygen atoms in total. The average molecular weight is 384 g/mol. The molecule has 0 saturated carbocycles. The minimum absolute atomic E-state index is 0.336. The van der Waals surface area contributed by atoms with Crippen LogP contribution in [0.1, 0.15) is 13.8 Å². The van der Waals surface area contributed by atoms with Crippen LogP contribution in [0.4, 0.5) is 0 Å². The zero-order valence-corrected chi connectivity index (χ0v) is 16.0. The van der Waals surface area contributed by atoms with Gasteiger partial charge in [-0.2, -0.15) is 0 Å². The molecule has 0 aliphatic rings. The fraction of sp³-hybridized carbons (Fsp3) is 0.316. The zero-order valence-electron chi connectivity index (χ0n) is 15.2. The Kier molecular flexibility index (Phi) is 4.89. The van der Waals surface area contributed by atoms with Crippen LogP contribution >= 0.6 is 11.8 Å². The second-order valence-electron chi connectivity index (χ2n) is 6.62. The quantitative estimate of drug-likeness (QED) is 0.450. The molecule has 1 aromatic carbocycles. The first-order valence-corrected chi connectivity index (χ1v) is 9.80. The van der Waals surface area contributed by atoms with Crippen LogP contribution in [0.2, 0.25) is 0 Å². The summed E-state index contributed by atoms with van der Waals surface area (Å²) in [5, 5.41) is 9.46. The SMILES string of the molecule is CC(C)Cn1c(SCCn2c(=O)oc3ccccc32)nnc1-c1ccco1. The molecule has 0 amide bonds. The van der Waals surface area contributed by atoms with Crippen LogP contribution in [0.5, 0.6) is 0 Å². The van der Waals surface area contributed by atoms with E-state index in [9.17, 15) is 4.79 Å². The third-order valence-corrected chi connectivity index (χ3v) is 5.07. The first-order chi connectivity index (χ1) is 13.1. The number of hydrogen-bond acceptors (Lipinski definition) is 6. The Bertz CT molecular complexity index is 1090. The van der Waals surface area contributed by atoms with Gasteiger partial charge in [0, 0.05) is 18.8 Å². The maximum Gasteiger partial charge on any atom is 0.419 e. The van der Waals surface area contributed by atoms with Gasteiger partial charge in [0.05, 0.1) is 11.8 Å². The molecule has 0 spiro atoms. The molecule has 0 fully saturated rings. The van der Waals surface area contributed by atoms with E-state index in [-0.39, 0.29) is 5.76 Å². The molecule has 27 heavy (non-hydrogen) atoms. The summed E-state index contributed by atoms with van der Waals surface area (Å²) in [5.74, 6) is 2.21. The van der Waals surface area contributed by atoms with Crippen molar-refractivity contribution in [3.8, 4) is 11.6 Å². The van der Waals surface area contributed by atoms with Gasteiger partial charge in [-0.05, 0) is 30.2 Å². The highest BCUT2D eigenvalue weighted by Gasteiger charge is 2.17. The van der Waals surface area contributed by atoms with Gasteiger partial charge in [0.15, 0.2) is 22.3 Å². The Hall–Kier alpha value is -2.74. The fourth-order valence-corrected chi connectivity index (χ4v) is 3.84. The molecular formula is C19H20N4O3S. The lowest BCUT2D eigenvalue weighted by Gasteiger charge is -2.11. The first-order valence-electron chi connectivity index (χ1n) is 8.81. The Morgan fingerprint density at radius 2 is 1.96 bits per heavy atom. The van der Waals surface area contributed by atoms with E-state index < -0.39 is 0 Å².